The van der Waals surface area contributed by atoms with Crippen molar-refractivity contribution in [1.82, 2.24) is 10.3 Å². The van der Waals surface area contributed by atoms with E-state index in [0.29, 0.717) is 13.0 Å². The Morgan fingerprint density at radius 3 is 2.54 bits per heavy atom. The molecule has 0 aliphatic heterocycles. The van der Waals surface area contributed by atoms with E-state index in [-0.39, 0.29) is 11.7 Å². The number of amides is 1. The molecule has 3 rings (SSSR count). The monoisotopic (exact) mass is 340 g/mol. The molecule has 0 radical (unpaired) electrons. The van der Waals surface area contributed by atoms with Gasteiger partial charge in [0, 0.05) is 17.5 Å². The van der Waals surface area contributed by atoms with Crippen LogP contribution in [0, 0.1) is 5.82 Å². The van der Waals surface area contributed by atoms with Gasteiger partial charge in [-0.05, 0) is 23.3 Å². The number of benzene rings is 2. The lowest BCUT2D eigenvalue weighted by Crippen LogP contribution is -2.24. The Labute approximate surface area is 144 Å². The predicted molar refractivity (Wildman–Crippen MR) is 93.3 cm³/mol. The predicted octanol–water partition coefficient (Wildman–Crippen LogP) is 3.73. The first-order valence-electron chi connectivity index (χ1n) is 7.68. The van der Waals surface area contributed by atoms with E-state index in [4.69, 9.17) is 0 Å². The minimum atomic E-state index is -0.232. The first kappa shape index (κ1) is 16.3. The van der Waals surface area contributed by atoms with Gasteiger partial charge in [-0.25, -0.2) is 9.37 Å². The van der Waals surface area contributed by atoms with Crippen molar-refractivity contribution in [2.75, 3.05) is 0 Å². The number of thiazole rings is 1. The van der Waals surface area contributed by atoms with E-state index in [2.05, 4.69) is 10.3 Å². The number of hydrogen-bond donors (Lipinski definition) is 1. The van der Waals surface area contributed by atoms with Gasteiger partial charge in [0.25, 0.3) is 0 Å². The van der Waals surface area contributed by atoms with E-state index in [1.54, 1.807) is 23.5 Å². The summed E-state index contributed by atoms with van der Waals surface area (Å²) in [6, 6.07) is 16.1. The molecule has 3 nitrogen and oxygen atoms in total. The molecular weight excluding hydrogens is 323 g/mol. The van der Waals surface area contributed by atoms with Gasteiger partial charge in [0.05, 0.1) is 13.0 Å². The second-order valence-electron chi connectivity index (χ2n) is 5.46. The average Bonchev–Trinajstić information content (AvgIpc) is 3.04. The summed E-state index contributed by atoms with van der Waals surface area (Å²) in [4.78, 5) is 17.4. The summed E-state index contributed by atoms with van der Waals surface area (Å²) >= 11 is 1.56. The minimum Gasteiger partial charge on any atom is -0.349 e. The van der Waals surface area contributed by atoms with Crippen molar-refractivity contribution in [1.29, 1.82) is 0 Å². The largest absolute Gasteiger partial charge is 0.349 e. The van der Waals surface area contributed by atoms with Crippen molar-refractivity contribution in [3.05, 3.63) is 87.6 Å². The van der Waals surface area contributed by atoms with Gasteiger partial charge in [0.15, 0.2) is 0 Å². The van der Waals surface area contributed by atoms with Crippen molar-refractivity contribution in [3.63, 3.8) is 0 Å². The summed E-state index contributed by atoms with van der Waals surface area (Å²) in [6.07, 6.45) is 2.90. The van der Waals surface area contributed by atoms with E-state index in [0.717, 1.165) is 27.4 Å². The summed E-state index contributed by atoms with van der Waals surface area (Å²) < 4.78 is 12.9. The molecule has 0 spiro atoms. The van der Waals surface area contributed by atoms with Crippen LogP contribution < -0.4 is 5.32 Å². The van der Waals surface area contributed by atoms with Crippen LogP contribution in [-0.2, 0) is 24.2 Å². The Balaban J connectivity index is 1.50. The standard InChI is InChI=1S/C19H17FN2OS/c20-16-8-6-15(7-9-16)10-17-12-22-19(24-17)13-21-18(23)11-14-4-2-1-3-5-14/h1-9,12H,10-11,13H2,(H,21,23). The van der Waals surface area contributed by atoms with Gasteiger partial charge in [-0.2, -0.15) is 0 Å². The Morgan fingerprint density at radius 1 is 1.04 bits per heavy atom. The van der Waals surface area contributed by atoms with Crippen molar-refractivity contribution >= 4 is 17.2 Å². The molecule has 1 N–H and O–H groups in total. The minimum absolute atomic E-state index is 0.0171. The number of rotatable bonds is 6. The zero-order valence-corrected chi connectivity index (χ0v) is 13.9. The second-order valence-corrected chi connectivity index (χ2v) is 6.66. The highest BCUT2D eigenvalue weighted by Gasteiger charge is 2.07. The Morgan fingerprint density at radius 2 is 1.79 bits per heavy atom. The van der Waals surface area contributed by atoms with Crippen molar-refractivity contribution in [3.8, 4) is 0 Å². The van der Waals surface area contributed by atoms with Crippen LogP contribution >= 0.6 is 11.3 Å². The summed E-state index contributed by atoms with van der Waals surface area (Å²) in [6.45, 7) is 0.430. The maximum Gasteiger partial charge on any atom is 0.224 e. The normalized spacial score (nSPS) is 10.5. The lowest BCUT2D eigenvalue weighted by Gasteiger charge is -2.03. The van der Waals surface area contributed by atoms with E-state index in [1.807, 2.05) is 36.5 Å². The Kier molecular flexibility index (Phi) is 5.33. The highest BCUT2D eigenvalue weighted by atomic mass is 32.1. The van der Waals surface area contributed by atoms with Gasteiger partial charge in [0.1, 0.15) is 10.8 Å². The van der Waals surface area contributed by atoms with Gasteiger partial charge >= 0.3 is 0 Å². The van der Waals surface area contributed by atoms with Gasteiger partial charge in [-0.1, -0.05) is 42.5 Å². The molecule has 0 saturated heterocycles. The summed E-state index contributed by atoms with van der Waals surface area (Å²) in [5.41, 5.74) is 2.03. The lowest BCUT2D eigenvalue weighted by molar-refractivity contribution is -0.120. The maximum atomic E-state index is 12.9. The van der Waals surface area contributed by atoms with Crippen LogP contribution in [0.15, 0.2) is 60.8 Å². The number of carbonyl (C=O) groups excluding carboxylic acids is 1. The molecule has 2 aromatic carbocycles. The fourth-order valence-electron chi connectivity index (χ4n) is 2.33. The van der Waals surface area contributed by atoms with Gasteiger partial charge in [-0.15, -0.1) is 11.3 Å². The fourth-order valence-corrected chi connectivity index (χ4v) is 3.23. The molecule has 0 fully saturated rings. The van der Waals surface area contributed by atoms with Crippen LogP contribution in [-0.4, -0.2) is 10.9 Å². The molecule has 0 bridgehead atoms. The first-order chi connectivity index (χ1) is 11.7. The van der Waals surface area contributed by atoms with Crippen molar-refractivity contribution < 1.29 is 9.18 Å². The number of carbonyl (C=O) groups is 1. The smallest absolute Gasteiger partial charge is 0.224 e. The topological polar surface area (TPSA) is 42.0 Å². The molecule has 3 aromatic rings. The molecule has 24 heavy (non-hydrogen) atoms. The Bertz CT molecular complexity index is 800. The van der Waals surface area contributed by atoms with E-state index >= 15 is 0 Å². The molecule has 0 unspecified atom stereocenters. The van der Waals surface area contributed by atoms with Crippen LogP contribution in [0.5, 0.6) is 0 Å². The third kappa shape index (κ3) is 4.73. The Hall–Kier alpha value is -2.53. The molecule has 1 aromatic heterocycles. The number of halogens is 1. The number of aromatic nitrogens is 1. The van der Waals surface area contributed by atoms with E-state index in [9.17, 15) is 9.18 Å². The van der Waals surface area contributed by atoms with Gasteiger partial charge < -0.3 is 5.32 Å². The first-order valence-corrected chi connectivity index (χ1v) is 8.49. The van der Waals surface area contributed by atoms with Crippen LogP contribution in [0.3, 0.4) is 0 Å². The summed E-state index contributed by atoms with van der Waals surface area (Å²) in [5.74, 6) is -0.249. The van der Waals surface area contributed by atoms with Gasteiger partial charge in [0.2, 0.25) is 5.91 Å². The zero-order chi connectivity index (χ0) is 16.8. The van der Waals surface area contributed by atoms with Crippen LogP contribution in [0.4, 0.5) is 4.39 Å². The molecule has 1 amide bonds. The SMILES string of the molecule is O=C(Cc1ccccc1)NCc1ncc(Cc2ccc(F)cc2)s1. The molecule has 0 aliphatic carbocycles. The molecule has 1 heterocycles. The highest BCUT2D eigenvalue weighted by molar-refractivity contribution is 7.11. The number of hydrogen-bond acceptors (Lipinski definition) is 3. The third-order valence-electron chi connectivity index (χ3n) is 3.54. The average molecular weight is 340 g/mol. The van der Waals surface area contributed by atoms with Crippen LogP contribution in [0.1, 0.15) is 21.0 Å². The number of nitrogens with one attached hydrogen (secondary N) is 1. The van der Waals surface area contributed by atoms with Crippen LogP contribution in [0.2, 0.25) is 0 Å². The van der Waals surface area contributed by atoms with E-state index < -0.39 is 0 Å². The van der Waals surface area contributed by atoms with E-state index in [1.165, 1.54) is 12.1 Å². The van der Waals surface area contributed by atoms with Crippen molar-refractivity contribution in [2.24, 2.45) is 0 Å². The third-order valence-corrected chi connectivity index (χ3v) is 4.53. The molecule has 122 valence electrons. The quantitative estimate of drug-likeness (QED) is 0.743. The number of nitrogens with zero attached hydrogens (tertiary/aromatic N) is 1. The molecular formula is C19H17FN2OS. The van der Waals surface area contributed by atoms with Crippen molar-refractivity contribution in [2.45, 2.75) is 19.4 Å². The molecule has 5 heteroatoms. The summed E-state index contributed by atoms with van der Waals surface area (Å²) in [7, 11) is 0. The zero-order valence-electron chi connectivity index (χ0n) is 13.0. The highest BCUT2D eigenvalue weighted by Crippen LogP contribution is 2.17. The summed E-state index contributed by atoms with van der Waals surface area (Å²) in [5, 5.41) is 3.76. The molecule has 0 aliphatic rings. The second kappa shape index (κ2) is 7.84. The molecule has 0 atom stereocenters. The maximum absolute atomic E-state index is 12.9. The van der Waals surface area contributed by atoms with Gasteiger partial charge in [-0.3, -0.25) is 4.79 Å². The molecule has 0 saturated carbocycles. The fraction of sp³-hybridized carbons (Fsp3) is 0.158. The lowest BCUT2D eigenvalue weighted by atomic mass is 10.1. The van der Waals surface area contributed by atoms with Crippen LogP contribution in [0.25, 0.3) is 0 Å².